The van der Waals surface area contributed by atoms with Crippen LogP contribution in [0.3, 0.4) is 0 Å². The minimum atomic E-state index is -3.76. The van der Waals surface area contributed by atoms with Gasteiger partial charge in [-0.3, -0.25) is 13.9 Å². The molecule has 0 heterocycles. The van der Waals surface area contributed by atoms with Crippen LogP contribution in [0.5, 0.6) is 5.75 Å². The Kier molecular flexibility index (Phi) is 9.28. The summed E-state index contributed by atoms with van der Waals surface area (Å²) in [5.41, 5.74) is 2.26. The van der Waals surface area contributed by atoms with Crippen molar-refractivity contribution in [2.45, 2.75) is 40.3 Å². The van der Waals surface area contributed by atoms with Crippen molar-refractivity contribution in [1.82, 2.24) is 10.2 Å². The van der Waals surface area contributed by atoms with Crippen molar-refractivity contribution < 1.29 is 22.7 Å². The molecule has 1 atom stereocenters. The summed E-state index contributed by atoms with van der Waals surface area (Å²) in [6, 6.07) is 13.4. The summed E-state index contributed by atoms with van der Waals surface area (Å²) in [4.78, 5) is 27.3. The lowest BCUT2D eigenvalue weighted by Gasteiger charge is -2.31. The van der Waals surface area contributed by atoms with Crippen LogP contribution in [0, 0.1) is 6.92 Å². The van der Waals surface area contributed by atoms with Gasteiger partial charge in [-0.1, -0.05) is 29.8 Å². The van der Waals surface area contributed by atoms with Crippen molar-refractivity contribution in [3.8, 4) is 5.75 Å². The minimum absolute atomic E-state index is 0.179. The quantitative estimate of drug-likeness (QED) is 0.539. The predicted octanol–water partition coefficient (Wildman–Crippen LogP) is 2.71. The molecular formula is C24H33N3O5S. The molecule has 0 aliphatic carbocycles. The van der Waals surface area contributed by atoms with Crippen molar-refractivity contribution in [2.24, 2.45) is 0 Å². The number of benzene rings is 2. The summed E-state index contributed by atoms with van der Waals surface area (Å²) in [6.45, 7) is 7.92. The summed E-state index contributed by atoms with van der Waals surface area (Å²) >= 11 is 0. The fraction of sp³-hybridized carbons (Fsp3) is 0.417. The van der Waals surface area contributed by atoms with Gasteiger partial charge in [-0.25, -0.2) is 8.42 Å². The predicted molar refractivity (Wildman–Crippen MR) is 130 cm³/mol. The molecule has 2 rings (SSSR count). The maximum atomic E-state index is 13.4. The van der Waals surface area contributed by atoms with E-state index < -0.39 is 28.5 Å². The summed E-state index contributed by atoms with van der Waals surface area (Å²) in [6.07, 6.45) is 1.05. The molecule has 0 fully saturated rings. The van der Waals surface area contributed by atoms with E-state index in [1.807, 2.05) is 38.1 Å². The Morgan fingerprint density at radius 3 is 2.15 bits per heavy atom. The number of hydrogen-bond acceptors (Lipinski definition) is 5. The van der Waals surface area contributed by atoms with E-state index >= 15 is 0 Å². The highest BCUT2D eigenvalue weighted by molar-refractivity contribution is 7.92. The van der Waals surface area contributed by atoms with Gasteiger partial charge in [-0.2, -0.15) is 0 Å². The average Bonchev–Trinajstić information content (AvgIpc) is 2.76. The number of nitrogens with one attached hydrogen (secondary N) is 1. The van der Waals surface area contributed by atoms with Gasteiger partial charge in [0.15, 0.2) is 0 Å². The molecule has 0 aromatic heterocycles. The van der Waals surface area contributed by atoms with Crippen molar-refractivity contribution >= 4 is 27.5 Å². The number of sulfonamides is 1. The molecule has 9 heteroatoms. The van der Waals surface area contributed by atoms with Gasteiger partial charge in [0.05, 0.1) is 18.6 Å². The second kappa shape index (κ2) is 11.7. The first kappa shape index (κ1) is 26.2. The van der Waals surface area contributed by atoms with E-state index in [1.54, 1.807) is 38.1 Å². The SMILES string of the molecule is CCNC(=O)[C@H](C)N(Cc1ccc(C)cc1)C(=O)CN(c1ccc(OCC)cc1)S(C)(=O)=O. The maximum absolute atomic E-state index is 13.4. The molecule has 0 saturated carbocycles. The number of carbonyl (C=O) groups is 2. The Morgan fingerprint density at radius 1 is 1.03 bits per heavy atom. The molecule has 1 N–H and O–H groups in total. The molecule has 33 heavy (non-hydrogen) atoms. The molecule has 2 aromatic rings. The third-order valence-electron chi connectivity index (χ3n) is 5.11. The highest BCUT2D eigenvalue weighted by atomic mass is 32.2. The number of anilines is 1. The number of ether oxygens (including phenoxy) is 1. The lowest BCUT2D eigenvalue weighted by atomic mass is 10.1. The third-order valence-corrected chi connectivity index (χ3v) is 6.25. The number of aryl methyl sites for hydroxylation is 1. The van der Waals surface area contributed by atoms with Gasteiger partial charge in [0.25, 0.3) is 0 Å². The number of hydrogen-bond donors (Lipinski definition) is 1. The van der Waals surface area contributed by atoms with E-state index in [2.05, 4.69) is 5.32 Å². The maximum Gasteiger partial charge on any atom is 0.244 e. The monoisotopic (exact) mass is 475 g/mol. The van der Waals surface area contributed by atoms with Crippen LogP contribution in [-0.2, 0) is 26.2 Å². The lowest BCUT2D eigenvalue weighted by molar-refractivity contribution is -0.139. The molecular weight excluding hydrogens is 442 g/mol. The molecule has 8 nitrogen and oxygen atoms in total. The standard InChI is InChI=1S/C24H33N3O5S/c1-6-25-24(29)19(4)26(16-20-10-8-18(3)9-11-20)23(28)17-27(33(5,30)31)21-12-14-22(15-13-21)32-7-2/h8-15,19H,6-7,16-17H2,1-5H3,(H,25,29)/t19-/m0/s1. The fourth-order valence-electron chi connectivity index (χ4n) is 3.28. The Bertz CT molecular complexity index is 1040. The van der Waals surface area contributed by atoms with Crippen molar-refractivity contribution in [2.75, 3.05) is 30.3 Å². The second-order valence-electron chi connectivity index (χ2n) is 7.77. The Morgan fingerprint density at radius 2 is 1.64 bits per heavy atom. The van der Waals surface area contributed by atoms with Crippen LogP contribution in [0.1, 0.15) is 31.9 Å². The van der Waals surface area contributed by atoms with E-state index in [0.717, 1.165) is 21.7 Å². The first-order chi connectivity index (χ1) is 15.6. The number of rotatable bonds is 11. The van der Waals surface area contributed by atoms with Crippen LogP contribution in [0.4, 0.5) is 5.69 Å². The summed E-state index contributed by atoms with van der Waals surface area (Å²) in [5, 5.41) is 2.73. The minimum Gasteiger partial charge on any atom is -0.494 e. The highest BCUT2D eigenvalue weighted by Crippen LogP contribution is 2.22. The molecule has 0 spiro atoms. The summed E-state index contributed by atoms with van der Waals surface area (Å²) in [5.74, 6) is -0.176. The molecule has 0 radical (unpaired) electrons. The van der Waals surface area contributed by atoms with Crippen LogP contribution in [0.15, 0.2) is 48.5 Å². The molecule has 0 bridgehead atoms. The Labute approximate surface area is 196 Å². The lowest BCUT2D eigenvalue weighted by Crippen LogP contribution is -2.51. The van der Waals surface area contributed by atoms with Crippen molar-refractivity contribution in [3.05, 3.63) is 59.7 Å². The molecule has 0 saturated heterocycles. The molecule has 0 unspecified atom stereocenters. The van der Waals surface area contributed by atoms with E-state index in [9.17, 15) is 18.0 Å². The van der Waals surface area contributed by atoms with Gasteiger partial charge in [0.2, 0.25) is 21.8 Å². The number of carbonyl (C=O) groups excluding carboxylic acids is 2. The normalized spacial score (nSPS) is 12.0. The number of amides is 2. The highest BCUT2D eigenvalue weighted by Gasteiger charge is 2.29. The van der Waals surface area contributed by atoms with Crippen LogP contribution in [0.2, 0.25) is 0 Å². The van der Waals surface area contributed by atoms with Gasteiger partial charge in [-0.15, -0.1) is 0 Å². The van der Waals surface area contributed by atoms with E-state index in [1.165, 1.54) is 4.90 Å². The fourth-order valence-corrected chi connectivity index (χ4v) is 4.13. The van der Waals surface area contributed by atoms with E-state index in [-0.39, 0.29) is 12.5 Å². The third kappa shape index (κ3) is 7.49. The van der Waals surface area contributed by atoms with E-state index in [0.29, 0.717) is 24.6 Å². The average molecular weight is 476 g/mol. The largest absolute Gasteiger partial charge is 0.494 e. The van der Waals surface area contributed by atoms with Crippen LogP contribution in [-0.4, -0.2) is 57.1 Å². The summed E-state index contributed by atoms with van der Waals surface area (Å²) < 4.78 is 31.5. The number of nitrogens with zero attached hydrogens (tertiary/aromatic N) is 2. The molecule has 0 aliphatic heterocycles. The first-order valence-corrected chi connectivity index (χ1v) is 12.7. The zero-order chi connectivity index (χ0) is 24.6. The van der Waals surface area contributed by atoms with Gasteiger partial charge >= 0.3 is 0 Å². The van der Waals surface area contributed by atoms with Gasteiger partial charge in [-0.05, 0) is 57.5 Å². The topological polar surface area (TPSA) is 96.0 Å². The molecule has 0 aliphatic rings. The number of likely N-dealkylation sites (N-methyl/N-ethyl adjacent to an activating group) is 1. The van der Waals surface area contributed by atoms with Crippen LogP contribution in [0.25, 0.3) is 0 Å². The van der Waals surface area contributed by atoms with E-state index in [4.69, 9.17) is 4.74 Å². The van der Waals surface area contributed by atoms with Crippen LogP contribution >= 0.6 is 0 Å². The summed E-state index contributed by atoms with van der Waals surface area (Å²) in [7, 11) is -3.76. The van der Waals surface area contributed by atoms with Crippen molar-refractivity contribution in [1.29, 1.82) is 0 Å². The Balaban J connectivity index is 2.34. The first-order valence-electron chi connectivity index (χ1n) is 10.9. The van der Waals surface area contributed by atoms with Crippen molar-refractivity contribution in [3.63, 3.8) is 0 Å². The zero-order valence-corrected chi connectivity index (χ0v) is 20.7. The molecule has 2 amide bonds. The van der Waals surface area contributed by atoms with Gasteiger partial charge in [0, 0.05) is 13.1 Å². The molecule has 180 valence electrons. The Hall–Kier alpha value is -3.07. The zero-order valence-electron chi connectivity index (χ0n) is 19.9. The molecule has 2 aromatic carbocycles. The van der Waals surface area contributed by atoms with Gasteiger partial charge in [0.1, 0.15) is 18.3 Å². The van der Waals surface area contributed by atoms with Crippen LogP contribution < -0.4 is 14.4 Å². The van der Waals surface area contributed by atoms with Gasteiger partial charge < -0.3 is 15.0 Å². The smallest absolute Gasteiger partial charge is 0.244 e. The second-order valence-corrected chi connectivity index (χ2v) is 9.68.